The van der Waals surface area contributed by atoms with Gasteiger partial charge in [-0.2, -0.15) is 0 Å². The zero-order valence-corrected chi connectivity index (χ0v) is 10.7. The van der Waals surface area contributed by atoms with E-state index in [1.54, 1.807) is 31.3 Å². The third-order valence-electron chi connectivity index (χ3n) is 2.92. The second kappa shape index (κ2) is 4.97. The van der Waals surface area contributed by atoms with Crippen molar-refractivity contribution in [2.24, 2.45) is 14.1 Å². The second-order valence-electron chi connectivity index (χ2n) is 4.20. The largest absolute Gasteiger partial charge is 0.507 e. The highest BCUT2D eigenvalue weighted by Crippen LogP contribution is 2.13. The molecule has 0 radical (unpaired) electrons. The van der Waals surface area contributed by atoms with E-state index in [0.717, 1.165) is 4.57 Å². The lowest BCUT2D eigenvalue weighted by molar-refractivity contribution is 0.515. The Morgan fingerprint density at radius 2 is 1.74 bits per heavy atom. The highest BCUT2D eigenvalue weighted by atomic mass is 16.3. The maximum atomic E-state index is 11.7. The number of hydrogen-bond acceptors (Lipinski definition) is 3. The Hall–Kier alpha value is -2.56. The molecule has 2 rings (SSSR count). The molecular weight excluding hydrogens is 244 g/mol. The van der Waals surface area contributed by atoms with Gasteiger partial charge in [-0.15, -0.1) is 0 Å². The van der Waals surface area contributed by atoms with Gasteiger partial charge in [-0.1, -0.05) is 30.3 Å². The standard InChI is InChI=1S/C14H14N2O3/c1-15-11(9-13(18)16(2)14(15)19)8-12(17)10-6-4-3-5-7-10/h3-9,17H,1-2H3/b12-8-. The van der Waals surface area contributed by atoms with Gasteiger partial charge < -0.3 is 5.11 Å². The highest BCUT2D eigenvalue weighted by Gasteiger charge is 2.05. The van der Waals surface area contributed by atoms with Crippen molar-refractivity contribution in [2.75, 3.05) is 0 Å². The van der Waals surface area contributed by atoms with Crippen molar-refractivity contribution in [1.82, 2.24) is 9.13 Å². The van der Waals surface area contributed by atoms with Gasteiger partial charge in [-0.3, -0.25) is 13.9 Å². The minimum absolute atomic E-state index is 0.00357. The molecule has 0 bridgehead atoms. The Balaban J connectivity index is 2.56. The molecule has 5 heteroatoms. The molecule has 19 heavy (non-hydrogen) atoms. The first kappa shape index (κ1) is 12.9. The van der Waals surface area contributed by atoms with Gasteiger partial charge in [0.2, 0.25) is 0 Å². The average Bonchev–Trinajstić information content (AvgIpc) is 2.43. The highest BCUT2D eigenvalue weighted by molar-refractivity contribution is 5.75. The fraction of sp³-hybridized carbons (Fsp3) is 0.143. The van der Waals surface area contributed by atoms with Crippen LogP contribution in [0.2, 0.25) is 0 Å². The molecule has 1 aromatic carbocycles. The molecule has 0 unspecified atom stereocenters. The quantitative estimate of drug-likeness (QED) is 0.821. The van der Waals surface area contributed by atoms with Crippen LogP contribution in [0.4, 0.5) is 0 Å². The van der Waals surface area contributed by atoms with Gasteiger partial charge in [-0.05, 0) is 0 Å². The van der Waals surface area contributed by atoms with Crippen LogP contribution in [0.1, 0.15) is 11.3 Å². The molecule has 1 aromatic heterocycles. The summed E-state index contributed by atoms with van der Waals surface area (Å²) in [6, 6.07) is 10.2. The third-order valence-corrected chi connectivity index (χ3v) is 2.92. The SMILES string of the molecule is Cn1c(/C=C(\O)c2ccccc2)cc(=O)n(C)c1=O. The molecule has 0 spiro atoms. The van der Waals surface area contributed by atoms with Crippen molar-refractivity contribution < 1.29 is 5.11 Å². The Morgan fingerprint density at radius 1 is 1.11 bits per heavy atom. The van der Waals surface area contributed by atoms with Crippen LogP contribution in [0.15, 0.2) is 46.0 Å². The molecule has 0 amide bonds. The van der Waals surface area contributed by atoms with Gasteiger partial charge in [0.25, 0.3) is 5.56 Å². The monoisotopic (exact) mass is 258 g/mol. The molecule has 0 aliphatic rings. The summed E-state index contributed by atoms with van der Waals surface area (Å²) < 4.78 is 2.32. The average molecular weight is 258 g/mol. The zero-order valence-electron chi connectivity index (χ0n) is 10.7. The molecule has 0 aliphatic carbocycles. The van der Waals surface area contributed by atoms with Crippen molar-refractivity contribution in [2.45, 2.75) is 0 Å². The van der Waals surface area contributed by atoms with Gasteiger partial charge in [0.05, 0.1) is 5.69 Å². The molecule has 0 atom stereocenters. The summed E-state index contributed by atoms with van der Waals surface area (Å²) >= 11 is 0. The van der Waals surface area contributed by atoms with Crippen LogP contribution in [0, 0.1) is 0 Å². The number of aromatic nitrogens is 2. The lowest BCUT2D eigenvalue weighted by atomic mass is 10.1. The van der Waals surface area contributed by atoms with Gasteiger partial charge in [0.15, 0.2) is 0 Å². The van der Waals surface area contributed by atoms with E-state index in [2.05, 4.69) is 0 Å². The number of aliphatic hydroxyl groups excluding tert-OH is 1. The van der Waals surface area contributed by atoms with E-state index in [9.17, 15) is 14.7 Å². The molecule has 2 aromatic rings. The van der Waals surface area contributed by atoms with E-state index >= 15 is 0 Å². The maximum Gasteiger partial charge on any atom is 0.330 e. The lowest BCUT2D eigenvalue weighted by Crippen LogP contribution is -2.37. The van der Waals surface area contributed by atoms with Crippen LogP contribution in [-0.2, 0) is 14.1 Å². The van der Waals surface area contributed by atoms with Crippen LogP contribution in [-0.4, -0.2) is 14.2 Å². The number of rotatable bonds is 2. The smallest absolute Gasteiger partial charge is 0.330 e. The number of nitrogens with zero attached hydrogens (tertiary/aromatic N) is 2. The molecule has 1 heterocycles. The van der Waals surface area contributed by atoms with Gasteiger partial charge in [-0.25, -0.2) is 4.79 Å². The van der Waals surface area contributed by atoms with Gasteiger partial charge in [0.1, 0.15) is 5.76 Å². The van der Waals surface area contributed by atoms with Gasteiger partial charge in [0, 0.05) is 31.8 Å². The Morgan fingerprint density at radius 3 is 2.37 bits per heavy atom. The maximum absolute atomic E-state index is 11.7. The Bertz CT molecular complexity index is 740. The Kier molecular flexibility index (Phi) is 3.37. The van der Waals surface area contributed by atoms with Crippen molar-refractivity contribution >= 4 is 11.8 Å². The van der Waals surface area contributed by atoms with E-state index in [4.69, 9.17) is 0 Å². The summed E-state index contributed by atoms with van der Waals surface area (Å²) in [4.78, 5) is 23.3. The summed E-state index contributed by atoms with van der Waals surface area (Å²) in [6.07, 6.45) is 1.40. The minimum atomic E-state index is -0.431. The minimum Gasteiger partial charge on any atom is -0.507 e. The second-order valence-corrected chi connectivity index (χ2v) is 4.20. The summed E-state index contributed by atoms with van der Waals surface area (Å²) in [5.41, 5.74) is 0.139. The molecular formula is C14H14N2O3. The molecule has 98 valence electrons. The van der Waals surface area contributed by atoms with Crippen LogP contribution in [0.5, 0.6) is 0 Å². The lowest BCUT2D eigenvalue weighted by Gasteiger charge is -2.06. The zero-order chi connectivity index (χ0) is 14.0. The fourth-order valence-corrected chi connectivity index (χ4v) is 1.72. The van der Waals surface area contributed by atoms with E-state index in [-0.39, 0.29) is 5.76 Å². The van der Waals surface area contributed by atoms with E-state index in [1.807, 2.05) is 6.07 Å². The van der Waals surface area contributed by atoms with Crippen LogP contribution in [0.3, 0.4) is 0 Å². The molecule has 5 nitrogen and oxygen atoms in total. The number of hydrogen-bond donors (Lipinski definition) is 1. The van der Waals surface area contributed by atoms with Crippen molar-refractivity contribution in [3.63, 3.8) is 0 Å². The van der Waals surface area contributed by atoms with Crippen molar-refractivity contribution in [3.8, 4) is 0 Å². The summed E-state index contributed by atoms with van der Waals surface area (Å²) in [6.45, 7) is 0. The molecule has 0 fully saturated rings. The molecule has 0 aliphatic heterocycles. The number of aliphatic hydroxyl groups is 1. The summed E-state index contributed by atoms with van der Waals surface area (Å²) in [5.74, 6) is 0.00357. The van der Waals surface area contributed by atoms with Crippen molar-refractivity contribution in [3.05, 3.63) is 68.5 Å². The Labute approximate surface area is 109 Å². The van der Waals surface area contributed by atoms with E-state index in [0.29, 0.717) is 11.3 Å². The van der Waals surface area contributed by atoms with Gasteiger partial charge >= 0.3 is 5.69 Å². The fourth-order valence-electron chi connectivity index (χ4n) is 1.72. The number of benzene rings is 1. The first-order valence-corrected chi connectivity index (χ1v) is 5.74. The normalized spacial score (nSPS) is 11.6. The summed E-state index contributed by atoms with van der Waals surface area (Å²) in [5, 5.41) is 9.99. The van der Waals surface area contributed by atoms with Crippen molar-refractivity contribution in [1.29, 1.82) is 0 Å². The van der Waals surface area contributed by atoms with Crippen LogP contribution < -0.4 is 11.2 Å². The predicted molar refractivity (Wildman–Crippen MR) is 73.9 cm³/mol. The topological polar surface area (TPSA) is 64.2 Å². The summed E-state index contributed by atoms with van der Waals surface area (Å²) in [7, 11) is 2.96. The van der Waals surface area contributed by atoms with E-state index in [1.165, 1.54) is 23.8 Å². The van der Waals surface area contributed by atoms with E-state index < -0.39 is 11.2 Å². The van der Waals surface area contributed by atoms with Crippen LogP contribution >= 0.6 is 0 Å². The molecule has 0 saturated heterocycles. The third kappa shape index (κ3) is 2.49. The first-order chi connectivity index (χ1) is 9.00. The van der Waals surface area contributed by atoms with Crippen LogP contribution in [0.25, 0.3) is 11.8 Å². The molecule has 0 saturated carbocycles. The molecule has 1 N–H and O–H groups in total. The predicted octanol–water partition coefficient (Wildman–Crippen LogP) is 1.14. The first-order valence-electron chi connectivity index (χ1n) is 5.74.